The first-order chi connectivity index (χ1) is 16.5. The van der Waals surface area contributed by atoms with Gasteiger partial charge in [-0.15, -0.1) is 0 Å². The molecular formula is C25H26ClN5O3. The van der Waals surface area contributed by atoms with Gasteiger partial charge in [-0.2, -0.15) is 0 Å². The maximum absolute atomic E-state index is 12.7. The molecule has 0 saturated carbocycles. The highest BCUT2D eigenvalue weighted by Gasteiger charge is 2.21. The molecule has 2 heterocycles. The van der Waals surface area contributed by atoms with Crippen LogP contribution in [0.4, 0.5) is 5.69 Å². The molecule has 2 aromatic carbocycles. The fraction of sp³-hybridized carbons (Fsp3) is 0.280. The van der Waals surface area contributed by atoms with Crippen LogP contribution in [0.3, 0.4) is 0 Å². The Balaban J connectivity index is 1.32. The van der Waals surface area contributed by atoms with Crippen molar-refractivity contribution < 1.29 is 14.4 Å². The van der Waals surface area contributed by atoms with Crippen LogP contribution >= 0.6 is 11.6 Å². The maximum Gasteiger partial charge on any atom is 0.276 e. The number of halogens is 1. The SMILES string of the molecule is O=C(Cc1ccc(NC(=O)c2nc[nH]c2C(=O)NCCN2CCCC2)cc1)c1ccccc1Cl. The molecule has 0 radical (unpaired) electrons. The van der Waals surface area contributed by atoms with Gasteiger partial charge in [-0.3, -0.25) is 14.4 Å². The molecule has 0 unspecified atom stereocenters. The summed E-state index contributed by atoms with van der Waals surface area (Å²) in [7, 11) is 0. The number of carbonyl (C=O) groups is 3. The molecule has 3 N–H and O–H groups in total. The third kappa shape index (κ3) is 5.89. The van der Waals surface area contributed by atoms with Crippen LogP contribution in [0.15, 0.2) is 54.9 Å². The number of rotatable bonds is 9. The van der Waals surface area contributed by atoms with Crippen molar-refractivity contribution in [1.29, 1.82) is 0 Å². The zero-order valence-electron chi connectivity index (χ0n) is 18.6. The van der Waals surface area contributed by atoms with Gasteiger partial charge in [-0.05, 0) is 55.8 Å². The van der Waals surface area contributed by atoms with E-state index in [9.17, 15) is 14.4 Å². The van der Waals surface area contributed by atoms with E-state index in [1.54, 1.807) is 48.5 Å². The van der Waals surface area contributed by atoms with Gasteiger partial charge in [-0.1, -0.05) is 35.9 Å². The van der Waals surface area contributed by atoms with Crippen molar-refractivity contribution in [2.75, 3.05) is 31.5 Å². The third-order valence-electron chi connectivity index (χ3n) is 5.74. The lowest BCUT2D eigenvalue weighted by atomic mass is 10.0. The standard InChI is InChI=1S/C25H26ClN5O3/c26-20-6-2-1-5-19(20)21(32)15-17-7-9-18(10-8-17)30-25(34)23-22(28-16-29-23)24(33)27-11-14-31-12-3-4-13-31/h1-2,5-10,16H,3-4,11-15H2,(H,27,33)(H,28,29)(H,30,34). The summed E-state index contributed by atoms with van der Waals surface area (Å²) in [6.07, 6.45) is 3.90. The van der Waals surface area contributed by atoms with E-state index in [4.69, 9.17) is 11.6 Å². The lowest BCUT2D eigenvalue weighted by molar-refractivity contribution is 0.0931. The third-order valence-corrected chi connectivity index (χ3v) is 6.07. The highest BCUT2D eigenvalue weighted by Crippen LogP contribution is 2.19. The zero-order chi connectivity index (χ0) is 23.9. The van der Waals surface area contributed by atoms with Gasteiger partial charge < -0.3 is 20.5 Å². The number of nitrogens with one attached hydrogen (secondary N) is 3. The molecule has 8 nitrogen and oxygen atoms in total. The number of likely N-dealkylation sites (tertiary alicyclic amines) is 1. The first-order valence-corrected chi connectivity index (χ1v) is 11.6. The number of nitrogens with zero attached hydrogens (tertiary/aromatic N) is 2. The highest BCUT2D eigenvalue weighted by atomic mass is 35.5. The molecule has 0 aliphatic carbocycles. The minimum Gasteiger partial charge on any atom is -0.349 e. The van der Waals surface area contributed by atoms with Crippen molar-refractivity contribution >= 4 is 34.9 Å². The first kappa shape index (κ1) is 23.7. The van der Waals surface area contributed by atoms with Gasteiger partial charge in [0, 0.05) is 30.8 Å². The number of Topliss-reactive ketones (excluding diaryl/α,β-unsaturated/α-hetero) is 1. The van der Waals surface area contributed by atoms with E-state index in [1.807, 2.05) is 0 Å². The number of ketones is 1. The molecule has 2 amide bonds. The van der Waals surface area contributed by atoms with Crippen LogP contribution < -0.4 is 10.6 Å². The average Bonchev–Trinajstić information content (AvgIpc) is 3.53. The van der Waals surface area contributed by atoms with E-state index in [2.05, 4.69) is 25.5 Å². The molecule has 4 rings (SSSR count). The van der Waals surface area contributed by atoms with Crippen molar-refractivity contribution in [3.05, 3.63) is 82.4 Å². The molecule has 1 aliphatic heterocycles. The molecular weight excluding hydrogens is 454 g/mol. The number of aromatic amines is 1. The quantitative estimate of drug-likeness (QED) is 0.407. The molecule has 0 atom stereocenters. The summed E-state index contributed by atoms with van der Waals surface area (Å²) in [5, 5.41) is 6.01. The van der Waals surface area contributed by atoms with Gasteiger partial charge in [-0.25, -0.2) is 4.98 Å². The summed E-state index contributed by atoms with van der Waals surface area (Å²) >= 11 is 6.10. The second-order valence-electron chi connectivity index (χ2n) is 8.16. The smallest absolute Gasteiger partial charge is 0.276 e. The summed E-state index contributed by atoms with van der Waals surface area (Å²) < 4.78 is 0. The summed E-state index contributed by atoms with van der Waals surface area (Å²) in [5.74, 6) is -0.944. The Morgan fingerprint density at radius 1 is 1.00 bits per heavy atom. The van der Waals surface area contributed by atoms with Gasteiger partial charge >= 0.3 is 0 Å². The number of benzene rings is 2. The van der Waals surface area contributed by atoms with Crippen molar-refractivity contribution in [2.45, 2.75) is 19.3 Å². The Morgan fingerprint density at radius 3 is 2.47 bits per heavy atom. The molecule has 1 saturated heterocycles. The average molecular weight is 480 g/mol. The van der Waals surface area contributed by atoms with Crippen molar-refractivity contribution in [1.82, 2.24) is 20.2 Å². The minimum atomic E-state index is -0.495. The van der Waals surface area contributed by atoms with Crippen LogP contribution in [0.25, 0.3) is 0 Å². The summed E-state index contributed by atoms with van der Waals surface area (Å²) in [5.41, 5.74) is 1.95. The summed E-state index contributed by atoms with van der Waals surface area (Å²) in [6.45, 7) is 3.40. The normalized spacial score (nSPS) is 13.6. The van der Waals surface area contributed by atoms with Crippen LogP contribution in [0, 0.1) is 0 Å². The molecule has 176 valence electrons. The number of aromatic nitrogens is 2. The van der Waals surface area contributed by atoms with E-state index in [-0.39, 0.29) is 29.5 Å². The Bertz CT molecular complexity index is 1170. The van der Waals surface area contributed by atoms with E-state index in [0.29, 0.717) is 22.8 Å². The predicted octanol–water partition coefficient (Wildman–Crippen LogP) is 3.57. The number of hydrogen-bond donors (Lipinski definition) is 3. The van der Waals surface area contributed by atoms with E-state index in [1.165, 1.54) is 19.2 Å². The molecule has 9 heteroatoms. The van der Waals surface area contributed by atoms with Gasteiger partial charge in [0.2, 0.25) is 0 Å². The minimum absolute atomic E-state index is 0.0247. The van der Waals surface area contributed by atoms with Gasteiger partial charge in [0.15, 0.2) is 11.5 Å². The Hall–Kier alpha value is -3.49. The Kier molecular flexibility index (Phi) is 7.72. The van der Waals surface area contributed by atoms with Gasteiger partial charge in [0.05, 0.1) is 11.3 Å². The number of carbonyl (C=O) groups excluding carboxylic acids is 3. The van der Waals surface area contributed by atoms with Gasteiger partial charge in [0.25, 0.3) is 11.8 Å². The lowest BCUT2D eigenvalue weighted by Crippen LogP contribution is -2.34. The van der Waals surface area contributed by atoms with Gasteiger partial charge in [0.1, 0.15) is 5.69 Å². The van der Waals surface area contributed by atoms with E-state index >= 15 is 0 Å². The molecule has 3 aromatic rings. The summed E-state index contributed by atoms with van der Waals surface area (Å²) in [4.78, 5) is 46.8. The fourth-order valence-electron chi connectivity index (χ4n) is 3.93. The van der Waals surface area contributed by atoms with Crippen LogP contribution in [-0.2, 0) is 6.42 Å². The van der Waals surface area contributed by atoms with Crippen LogP contribution in [-0.4, -0.2) is 58.6 Å². The van der Waals surface area contributed by atoms with E-state index < -0.39 is 5.91 Å². The van der Waals surface area contributed by atoms with E-state index in [0.717, 1.165) is 25.2 Å². The van der Waals surface area contributed by atoms with Crippen molar-refractivity contribution in [3.8, 4) is 0 Å². The molecule has 34 heavy (non-hydrogen) atoms. The monoisotopic (exact) mass is 479 g/mol. The summed E-state index contributed by atoms with van der Waals surface area (Å²) in [6, 6.07) is 13.9. The van der Waals surface area contributed by atoms with Crippen molar-refractivity contribution in [3.63, 3.8) is 0 Å². The first-order valence-electron chi connectivity index (χ1n) is 11.2. The van der Waals surface area contributed by atoms with Crippen LogP contribution in [0.5, 0.6) is 0 Å². The second-order valence-corrected chi connectivity index (χ2v) is 8.57. The van der Waals surface area contributed by atoms with Crippen LogP contribution in [0.1, 0.15) is 49.7 Å². The topological polar surface area (TPSA) is 107 Å². The molecule has 0 bridgehead atoms. The lowest BCUT2D eigenvalue weighted by Gasteiger charge is -2.14. The fourth-order valence-corrected chi connectivity index (χ4v) is 4.17. The van der Waals surface area contributed by atoms with Crippen LogP contribution in [0.2, 0.25) is 5.02 Å². The highest BCUT2D eigenvalue weighted by molar-refractivity contribution is 6.34. The number of hydrogen-bond acceptors (Lipinski definition) is 5. The zero-order valence-corrected chi connectivity index (χ0v) is 19.4. The largest absolute Gasteiger partial charge is 0.349 e. The number of H-pyrrole nitrogens is 1. The Labute approximate surface area is 202 Å². The number of anilines is 1. The Morgan fingerprint density at radius 2 is 1.74 bits per heavy atom. The molecule has 1 aliphatic rings. The number of imidazole rings is 1. The molecule has 0 spiro atoms. The molecule has 1 fully saturated rings. The number of amides is 2. The maximum atomic E-state index is 12.7. The second kappa shape index (κ2) is 11.1. The van der Waals surface area contributed by atoms with Crippen molar-refractivity contribution in [2.24, 2.45) is 0 Å². The predicted molar refractivity (Wildman–Crippen MR) is 130 cm³/mol. The molecule has 1 aromatic heterocycles.